The molecule has 0 saturated heterocycles. The Balaban J connectivity index is 1.36. The van der Waals surface area contributed by atoms with Crippen LogP contribution in [0.15, 0.2) is 48.7 Å². The minimum Gasteiger partial charge on any atom is -0.487 e. The summed E-state index contributed by atoms with van der Waals surface area (Å²) in [6.07, 6.45) is 4.14. The molecule has 0 aliphatic carbocycles. The maximum atomic E-state index is 14.3. The number of aryl methyl sites for hydroxylation is 3. The molecule has 31 heavy (non-hydrogen) atoms. The molecule has 5 nitrogen and oxygen atoms in total. The van der Waals surface area contributed by atoms with E-state index < -0.39 is 0 Å². The largest absolute Gasteiger partial charge is 0.487 e. The summed E-state index contributed by atoms with van der Waals surface area (Å²) in [6.45, 7) is 4.09. The zero-order chi connectivity index (χ0) is 21.8. The number of benzene rings is 2. The number of nitrogens with one attached hydrogen (secondary N) is 1. The molecule has 3 aromatic rings. The molecule has 1 amide bonds. The summed E-state index contributed by atoms with van der Waals surface area (Å²) >= 11 is 0. The maximum absolute atomic E-state index is 14.3. The number of carbonyl (C=O) groups is 1. The molecule has 0 unspecified atom stereocenters. The van der Waals surface area contributed by atoms with Gasteiger partial charge >= 0.3 is 0 Å². The third kappa shape index (κ3) is 5.08. The van der Waals surface area contributed by atoms with E-state index >= 15 is 0 Å². The van der Waals surface area contributed by atoms with E-state index in [1.165, 1.54) is 17.7 Å². The van der Waals surface area contributed by atoms with E-state index in [4.69, 9.17) is 4.74 Å². The van der Waals surface area contributed by atoms with Crippen LogP contribution in [-0.4, -0.2) is 28.5 Å². The Labute approximate surface area is 181 Å². The van der Waals surface area contributed by atoms with E-state index in [2.05, 4.69) is 27.4 Å². The van der Waals surface area contributed by atoms with Gasteiger partial charge in [0.25, 0.3) is 0 Å². The highest BCUT2D eigenvalue weighted by Gasteiger charge is 2.28. The van der Waals surface area contributed by atoms with Crippen LogP contribution in [0.2, 0.25) is 0 Å². The van der Waals surface area contributed by atoms with Gasteiger partial charge in [-0.1, -0.05) is 30.3 Å². The highest BCUT2D eigenvalue weighted by molar-refractivity contribution is 5.76. The van der Waals surface area contributed by atoms with Crippen LogP contribution in [0.1, 0.15) is 35.4 Å². The van der Waals surface area contributed by atoms with Crippen molar-refractivity contribution in [3.05, 3.63) is 77.0 Å². The first-order valence-electron chi connectivity index (χ1n) is 10.6. The number of carbonyl (C=O) groups excluding carboxylic acids is 1. The third-order valence-corrected chi connectivity index (χ3v) is 5.43. The number of rotatable bonds is 7. The Morgan fingerprint density at radius 3 is 2.84 bits per heavy atom. The Kier molecular flexibility index (Phi) is 6.26. The molecule has 1 aromatic heterocycles. The first-order chi connectivity index (χ1) is 15.0. The van der Waals surface area contributed by atoms with Gasteiger partial charge in [-0.25, -0.2) is 9.37 Å². The van der Waals surface area contributed by atoms with Crippen molar-refractivity contribution in [2.24, 2.45) is 0 Å². The highest BCUT2D eigenvalue weighted by Crippen LogP contribution is 2.39. The average molecular weight is 420 g/mol. The number of ether oxygens (including phenoxy) is 1. The molecule has 6 heteroatoms. The van der Waals surface area contributed by atoms with Crippen LogP contribution >= 0.6 is 0 Å². The number of hydrogen-bond donors (Lipinski definition) is 1. The van der Waals surface area contributed by atoms with Gasteiger partial charge in [0, 0.05) is 30.2 Å². The van der Waals surface area contributed by atoms with Crippen LogP contribution in [0.3, 0.4) is 0 Å². The highest BCUT2D eigenvalue weighted by atomic mass is 19.1. The molecular formula is C25H26FN3O2. The second kappa shape index (κ2) is 9.25. The quantitative estimate of drug-likeness (QED) is 0.619. The third-order valence-electron chi connectivity index (χ3n) is 5.43. The summed E-state index contributed by atoms with van der Waals surface area (Å²) in [4.78, 5) is 21.1. The first kappa shape index (κ1) is 21.0. The average Bonchev–Trinajstić information content (AvgIpc) is 3.17. The van der Waals surface area contributed by atoms with Gasteiger partial charge in [0.1, 0.15) is 17.7 Å². The Morgan fingerprint density at radius 1 is 1.23 bits per heavy atom. The van der Waals surface area contributed by atoms with Crippen LogP contribution in [-0.2, 0) is 17.6 Å². The van der Waals surface area contributed by atoms with Crippen molar-refractivity contribution >= 4 is 5.91 Å². The molecule has 160 valence electrons. The van der Waals surface area contributed by atoms with E-state index in [1.54, 1.807) is 6.20 Å². The Morgan fingerprint density at radius 2 is 2.03 bits per heavy atom. The lowest BCUT2D eigenvalue weighted by molar-refractivity contribution is -0.121. The van der Waals surface area contributed by atoms with E-state index in [9.17, 15) is 9.18 Å². The Hall–Kier alpha value is -3.28. The molecule has 4 rings (SSSR count). The van der Waals surface area contributed by atoms with Crippen molar-refractivity contribution in [1.29, 1.82) is 0 Å². The summed E-state index contributed by atoms with van der Waals surface area (Å²) < 4.78 is 20.4. The van der Waals surface area contributed by atoms with Crippen molar-refractivity contribution in [2.45, 2.75) is 45.6 Å². The van der Waals surface area contributed by atoms with Gasteiger partial charge in [-0.2, -0.15) is 0 Å². The number of hydrogen-bond acceptors (Lipinski definition) is 4. The SMILES string of the molecule is Cc1cnc(C)c(-c2cc(F)cc3c2O[C@@H](CNC(=O)CCCc2ccccc2)C3)n1. The minimum atomic E-state index is -0.328. The molecule has 0 radical (unpaired) electrons. The number of fused-ring (bicyclic) bond motifs is 1. The van der Waals surface area contributed by atoms with Crippen molar-refractivity contribution in [2.75, 3.05) is 6.54 Å². The van der Waals surface area contributed by atoms with Crippen LogP contribution in [0.4, 0.5) is 4.39 Å². The number of amides is 1. The van der Waals surface area contributed by atoms with Gasteiger partial charge in [0.05, 0.1) is 23.6 Å². The smallest absolute Gasteiger partial charge is 0.220 e. The summed E-state index contributed by atoms with van der Waals surface area (Å²) in [5.41, 5.74) is 4.74. The molecular weight excluding hydrogens is 393 g/mol. The van der Waals surface area contributed by atoms with Gasteiger partial charge in [-0.05, 0) is 44.4 Å². The predicted octanol–water partition coefficient (Wildman–Crippen LogP) is 4.34. The van der Waals surface area contributed by atoms with Gasteiger partial charge in [0.15, 0.2) is 0 Å². The summed E-state index contributed by atoms with van der Waals surface area (Å²) in [7, 11) is 0. The molecule has 0 bridgehead atoms. The van der Waals surface area contributed by atoms with Gasteiger partial charge in [-0.15, -0.1) is 0 Å². The van der Waals surface area contributed by atoms with E-state index in [0.29, 0.717) is 36.4 Å². The van der Waals surface area contributed by atoms with Crippen molar-refractivity contribution in [3.63, 3.8) is 0 Å². The zero-order valence-corrected chi connectivity index (χ0v) is 17.8. The lowest BCUT2D eigenvalue weighted by Crippen LogP contribution is -2.34. The van der Waals surface area contributed by atoms with Crippen LogP contribution < -0.4 is 10.1 Å². The molecule has 2 aromatic carbocycles. The zero-order valence-electron chi connectivity index (χ0n) is 17.8. The lowest BCUT2D eigenvalue weighted by atomic mass is 10.0. The fourth-order valence-electron chi connectivity index (χ4n) is 3.89. The van der Waals surface area contributed by atoms with E-state index in [-0.39, 0.29) is 17.8 Å². The summed E-state index contributed by atoms with van der Waals surface area (Å²) in [6, 6.07) is 13.1. The standard InChI is InChI=1S/C25H26FN3O2/c1-16-14-27-17(2)24(29-16)22-13-20(26)11-19-12-21(31-25(19)22)15-28-23(30)10-6-9-18-7-4-3-5-8-18/h3-5,7-8,11,13-14,21H,6,9-10,12,15H2,1-2H3,(H,28,30)/t21-/m1/s1. The first-order valence-corrected chi connectivity index (χ1v) is 10.6. The van der Waals surface area contributed by atoms with E-state index in [1.807, 2.05) is 32.0 Å². The van der Waals surface area contributed by atoms with Gasteiger partial charge in [-0.3, -0.25) is 9.78 Å². The normalized spacial score (nSPS) is 14.7. The van der Waals surface area contributed by atoms with Gasteiger partial charge in [0.2, 0.25) is 5.91 Å². The van der Waals surface area contributed by atoms with Crippen molar-refractivity contribution in [3.8, 4) is 17.0 Å². The number of aromatic nitrogens is 2. The monoisotopic (exact) mass is 419 g/mol. The molecule has 0 saturated carbocycles. The maximum Gasteiger partial charge on any atom is 0.220 e. The molecule has 0 fully saturated rings. The second-order valence-electron chi connectivity index (χ2n) is 7.97. The van der Waals surface area contributed by atoms with E-state index in [0.717, 1.165) is 29.8 Å². The van der Waals surface area contributed by atoms with Crippen LogP contribution in [0.5, 0.6) is 5.75 Å². The number of nitrogens with zero attached hydrogens (tertiary/aromatic N) is 2. The van der Waals surface area contributed by atoms with Crippen molar-refractivity contribution in [1.82, 2.24) is 15.3 Å². The molecule has 1 aliphatic rings. The topological polar surface area (TPSA) is 64.1 Å². The minimum absolute atomic E-state index is 0.00212. The van der Waals surface area contributed by atoms with Crippen LogP contribution in [0, 0.1) is 19.7 Å². The molecule has 1 atom stereocenters. The van der Waals surface area contributed by atoms with Crippen LogP contribution in [0.25, 0.3) is 11.3 Å². The fraction of sp³-hybridized carbons (Fsp3) is 0.320. The molecule has 1 N–H and O–H groups in total. The number of halogens is 1. The molecule has 0 spiro atoms. The summed E-state index contributed by atoms with van der Waals surface area (Å²) in [5.74, 6) is 0.306. The van der Waals surface area contributed by atoms with Crippen molar-refractivity contribution < 1.29 is 13.9 Å². The summed E-state index contributed by atoms with van der Waals surface area (Å²) in [5, 5.41) is 2.95. The molecule has 1 aliphatic heterocycles. The predicted molar refractivity (Wildman–Crippen MR) is 117 cm³/mol. The fourth-order valence-corrected chi connectivity index (χ4v) is 3.89. The Bertz CT molecular complexity index is 1090. The lowest BCUT2D eigenvalue weighted by Gasteiger charge is -2.14. The second-order valence-corrected chi connectivity index (χ2v) is 7.97. The molecule has 2 heterocycles. The van der Waals surface area contributed by atoms with Gasteiger partial charge < -0.3 is 10.1 Å².